The number of ether oxygens (including phenoxy) is 1. The minimum Gasteiger partial charge on any atom is -0.489 e. The molecule has 1 nitrogen and oxygen atoms in total. The van der Waals surface area contributed by atoms with E-state index in [0.29, 0.717) is 10.9 Å². The average molecular weight is 385 g/mol. The molecule has 2 rings (SSSR count). The smallest absolute Gasteiger partial charge is 0.133 e. The zero-order valence-electron chi connectivity index (χ0n) is 7.34. The predicted molar refractivity (Wildman–Crippen MR) is 68.2 cm³/mol. The Morgan fingerprint density at radius 1 is 1.21 bits per heavy atom. The molecular weight excluding hydrogens is 376 g/mol. The van der Waals surface area contributed by atoms with Crippen LogP contribution in [-0.4, -0.2) is 10.9 Å². The van der Waals surface area contributed by atoms with Crippen LogP contribution < -0.4 is 4.74 Å². The molecular formula is C10H9Br3O. The zero-order chi connectivity index (χ0) is 10.1. The number of benzene rings is 1. The third-order valence-electron chi connectivity index (χ3n) is 2.22. The van der Waals surface area contributed by atoms with Gasteiger partial charge in [0.2, 0.25) is 0 Å². The van der Waals surface area contributed by atoms with E-state index in [1.165, 1.54) is 0 Å². The molecule has 0 bridgehead atoms. The van der Waals surface area contributed by atoms with Crippen LogP contribution in [0, 0.1) is 0 Å². The van der Waals surface area contributed by atoms with Crippen LogP contribution in [0.3, 0.4) is 0 Å². The SMILES string of the molecule is Brc1ccc(OC2CC(Br)C2)c(Br)c1. The lowest BCUT2D eigenvalue weighted by Gasteiger charge is -2.31. The van der Waals surface area contributed by atoms with E-state index in [0.717, 1.165) is 27.5 Å². The summed E-state index contributed by atoms with van der Waals surface area (Å²) in [6, 6.07) is 5.97. The Morgan fingerprint density at radius 2 is 1.93 bits per heavy atom. The van der Waals surface area contributed by atoms with Gasteiger partial charge in [-0.2, -0.15) is 0 Å². The first kappa shape index (κ1) is 11.0. The van der Waals surface area contributed by atoms with E-state index < -0.39 is 0 Å². The van der Waals surface area contributed by atoms with Crippen molar-refractivity contribution >= 4 is 47.8 Å². The van der Waals surface area contributed by atoms with Gasteiger partial charge < -0.3 is 4.74 Å². The van der Waals surface area contributed by atoms with Crippen molar-refractivity contribution in [2.75, 3.05) is 0 Å². The van der Waals surface area contributed by atoms with E-state index in [2.05, 4.69) is 47.8 Å². The van der Waals surface area contributed by atoms with Gasteiger partial charge in [-0.3, -0.25) is 0 Å². The average Bonchev–Trinajstić information content (AvgIpc) is 2.06. The maximum atomic E-state index is 5.81. The second kappa shape index (κ2) is 4.54. The first-order valence-electron chi connectivity index (χ1n) is 4.41. The minimum absolute atomic E-state index is 0.372. The second-order valence-electron chi connectivity index (χ2n) is 3.38. The Bertz CT molecular complexity index is 334. The van der Waals surface area contributed by atoms with Gasteiger partial charge >= 0.3 is 0 Å². The van der Waals surface area contributed by atoms with Crippen molar-refractivity contribution in [3.63, 3.8) is 0 Å². The Morgan fingerprint density at radius 3 is 2.50 bits per heavy atom. The molecule has 1 aliphatic rings. The van der Waals surface area contributed by atoms with Crippen LogP contribution in [0.15, 0.2) is 27.1 Å². The van der Waals surface area contributed by atoms with Gasteiger partial charge in [0.25, 0.3) is 0 Å². The van der Waals surface area contributed by atoms with E-state index in [-0.39, 0.29) is 0 Å². The highest BCUT2D eigenvalue weighted by atomic mass is 79.9. The molecule has 1 aliphatic carbocycles. The molecule has 1 aromatic carbocycles. The Hall–Kier alpha value is 0.460. The molecule has 0 amide bonds. The van der Waals surface area contributed by atoms with E-state index in [1.54, 1.807) is 0 Å². The first-order valence-corrected chi connectivity index (χ1v) is 6.91. The highest BCUT2D eigenvalue weighted by molar-refractivity contribution is 9.11. The quantitative estimate of drug-likeness (QED) is 0.681. The monoisotopic (exact) mass is 382 g/mol. The molecule has 1 aromatic rings. The molecule has 0 N–H and O–H groups in total. The molecule has 0 heterocycles. The first-order chi connectivity index (χ1) is 6.65. The summed E-state index contributed by atoms with van der Waals surface area (Å²) in [5.41, 5.74) is 0. The molecule has 0 atom stereocenters. The van der Waals surface area contributed by atoms with E-state index in [4.69, 9.17) is 4.74 Å². The summed E-state index contributed by atoms with van der Waals surface area (Å²) in [5.74, 6) is 0.928. The highest BCUT2D eigenvalue weighted by Gasteiger charge is 2.28. The van der Waals surface area contributed by atoms with Crippen LogP contribution in [0.4, 0.5) is 0 Å². The topological polar surface area (TPSA) is 9.23 Å². The summed E-state index contributed by atoms with van der Waals surface area (Å²) < 4.78 is 7.87. The van der Waals surface area contributed by atoms with Crippen LogP contribution in [-0.2, 0) is 0 Å². The van der Waals surface area contributed by atoms with Crippen LogP contribution >= 0.6 is 47.8 Å². The van der Waals surface area contributed by atoms with Gasteiger partial charge in [-0.15, -0.1) is 0 Å². The summed E-state index contributed by atoms with van der Waals surface area (Å²) in [7, 11) is 0. The Kier molecular flexibility index (Phi) is 3.55. The van der Waals surface area contributed by atoms with Crippen molar-refractivity contribution in [1.82, 2.24) is 0 Å². The number of hydrogen-bond acceptors (Lipinski definition) is 1. The van der Waals surface area contributed by atoms with E-state index in [1.807, 2.05) is 18.2 Å². The molecule has 1 fully saturated rings. The third kappa shape index (κ3) is 2.52. The van der Waals surface area contributed by atoms with Crippen molar-refractivity contribution in [2.45, 2.75) is 23.8 Å². The van der Waals surface area contributed by atoms with Gasteiger partial charge in [0, 0.05) is 9.30 Å². The van der Waals surface area contributed by atoms with Crippen molar-refractivity contribution in [2.24, 2.45) is 0 Å². The fourth-order valence-electron chi connectivity index (χ4n) is 1.35. The Labute approximate surface area is 109 Å². The van der Waals surface area contributed by atoms with Crippen molar-refractivity contribution in [3.8, 4) is 5.75 Å². The van der Waals surface area contributed by atoms with Crippen molar-refractivity contribution in [3.05, 3.63) is 27.1 Å². The van der Waals surface area contributed by atoms with Crippen LogP contribution in [0.2, 0.25) is 0 Å². The van der Waals surface area contributed by atoms with Gasteiger partial charge in [-0.05, 0) is 47.0 Å². The number of alkyl halides is 1. The van der Waals surface area contributed by atoms with Gasteiger partial charge in [0.15, 0.2) is 0 Å². The largest absolute Gasteiger partial charge is 0.489 e. The molecule has 0 aromatic heterocycles. The molecule has 0 saturated heterocycles. The molecule has 14 heavy (non-hydrogen) atoms. The summed E-state index contributed by atoms with van der Waals surface area (Å²) in [4.78, 5) is 0.640. The highest BCUT2D eigenvalue weighted by Crippen LogP contribution is 2.35. The molecule has 0 spiro atoms. The fourth-order valence-corrected chi connectivity index (χ4v) is 3.32. The van der Waals surface area contributed by atoms with Gasteiger partial charge in [0.1, 0.15) is 11.9 Å². The molecule has 0 aliphatic heterocycles. The number of hydrogen-bond donors (Lipinski definition) is 0. The van der Waals surface area contributed by atoms with Crippen LogP contribution in [0.5, 0.6) is 5.75 Å². The lowest BCUT2D eigenvalue weighted by atomic mass is 9.96. The number of rotatable bonds is 2. The molecule has 4 heteroatoms. The maximum Gasteiger partial charge on any atom is 0.133 e. The zero-order valence-corrected chi connectivity index (χ0v) is 12.1. The summed E-state index contributed by atoms with van der Waals surface area (Å²) >= 11 is 10.4. The van der Waals surface area contributed by atoms with Crippen molar-refractivity contribution < 1.29 is 4.74 Å². The van der Waals surface area contributed by atoms with E-state index in [9.17, 15) is 0 Å². The standard InChI is InChI=1S/C10H9Br3O/c11-6-1-2-10(9(13)5-6)14-8-3-7(12)4-8/h1-2,5,7-8H,3-4H2. The fraction of sp³-hybridized carbons (Fsp3) is 0.400. The summed E-state index contributed by atoms with van der Waals surface area (Å²) in [6.07, 6.45) is 2.57. The summed E-state index contributed by atoms with van der Waals surface area (Å²) in [5, 5.41) is 0. The normalized spacial score (nSPS) is 25.6. The maximum absolute atomic E-state index is 5.81. The third-order valence-corrected chi connectivity index (χ3v) is 4.09. The molecule has 76 valence electrons. The molecule has 0 radical (unpaired) electrons. The molecule has 0 unspecified atom stereocenters. The van der Waals surface area contributed by atoms with Crippen LogP contribution in [0.1, 0.15) is 12.8 Å². The van der Waals surface area contributed by atoms with Gasteiger partial charge in [0.05, 0.1) is 4.47 Å². The second-order valence-corrected chi connectivity index (χ2v) is 6.45. The van der Waals surface area contributed by atoms with Crippen LogP contribution in [0.25, 0.3) is 0 Å². The number of halogens is 3. The van der Waals surface area contributed by atoms with Crippen molar-refractivity contribution in [1.29, 1.82) is 0 Å². The van der Waals surface area contributed by atoms with Gasteiger partial charge in [-0.1, -0.05) is 31.9 Å². The lowest BCUT2D eigenvalue weighted by Crippen LogP contribution is -2.34. The minimum atomic E-state index is 0.372. The van der Waals surface area contributed by atoms with E-state index >= 15 is 0 Å². The van der Waals surface area contributed by atoms with Gasteiger partial charge in [-0.25, -0.2) is 0 Å². The lowest BCUT2D eigenvalue weighted by molar-refractivity contribution is 0.127. The predicted octanol–water partition coefficient (Wildman–Crippen LogP) is 4.52. The molecule has 1 saturated carbocycles. The summed E-state index contributed by atoms with van der Waals surface area (Å²) in [6.45, 7) is 0. The Balaban J connectivity index is 2.02.